The van der Waals surface area contributed by atoms with Gasteiger partial charge in [0, 0.05) is 0 Å². The molecular formula is C10H14. The van der Waals surface area contributed by atoms with Crippen LogP contribution in [0.3, 0.4) is 0 Å². The molecule has 2 rings (SSSR count). The van der Waals surface area contributed by atoms with Crippen LogP contribution in [0.25, 0.3) is 0 Å². The Morgan fingerprint density at radius 2 is 1.60 bits per heavy atom. The Morgan fingerprint density at radius 3 is 1.90 bits per heavy atom. The van der Waals surface area contributed by atoms with E-state index in [2.05, 4.69) is 20.8 Å². The molecule has 10 heavy (non-hydrogen) atoms. The fraction of sp³-hybridized carbons (Fsp3) is 0.600. The first-order valence-electron chi connectivity index (χ1n) is 4.10. The lowest BCUT2D eigenvalue weighted by molar-refractivity contribution is 0.458. The molecule has 0 bridgehead atoms. The summed E-state index contributed by atoms with van der Waals surface area (Å²) in [4.78, 5) is 0. The van der Waals surface area contributed by atoms with Crippen molar-refractivity contribution in [3.8, 4) is 0 Å². The van der Waals surface area contributed by atoms with Crippen molar-refractivity contribution in [3.63, 3.8) is 0 Å². The summed E-state index contributed by atoms with van der Waals surface area (Å²) < 4.78 is 0. The molecule has 0 aromatic carbocycles. The molecule has 0 radical (unpaired) electrons. The van der Waals surface area contributed by atoms with Crippen LogP contribution in [0, 0.1) is 5.92 Å². The minimum atomic E-state index is 0.962. The molecule has 0 atom stereocenters. The lowest BCUT2D eigenvalue weighted by Crippen LogP contribution is -2.10. The van der Waals surface area contributed by atoms with Gasteiger partial charge < -0.3 is 0 Å². The standard InChI is InChI=1S/C10H14/c1-6-4-9(5-6)10-7(2)8(10)3/h6H,4-5H2,1-3H3. The lowest BCUT2D eigenvalue weighted by Gasteiger charge is -2.25. The highest BCUT2D eigenvalue weighted by atomic mass is 14.3. The van der Waals surface area contributed by atoms with Gasteiger partial charge >= 0.3 is 0 Å². The number of allylic oxidation sites excluding steroid dienone is 4. The molecule has 0 heterocycles. The van der Waals surface area contributed by atoms with E-state index in [1.165, 1.54) is 12.8 Å². The van der Waals surface area contributed by atoms with Gasteiger partial charge in [0.2, 0.25) is 0 Å². The Balaban J connectivity index is 2.10. The van der Waals surface area contributed by atoms with Crippen LogP contribution in [0.15, 0.2) is 22.3 Å². The zero-order chi connectivity index (χ0) is 7.30. The summed E-state index contributed by atoms with van der Waals surface area (Å²) in [6, 6.07) is 0. The maximum atomic E-state index is 2.33. The van der Waals surface area contributed by atoms with Gasteiger partial charge in [0.25, 0.3) is 0 Å². The zero-order valence-electron chi connectivity index (χ0n) is 6.99. The molecule has 2 aliphatic carbocycles. The molecule has 0 N–H and O–H groups in total. The van der Waals surface area contributed by atoms with E-state index in [0.717, 1.165) is 5.92 Å². The van der Waals surface area contributed by atoms with Gasteiger partial charge in [-0.05, 0) is 49.3 Å². The van der Waals surface area contributed by atoms with Crippen molar-refractivity contribution < 1.29 is 0 Å². The van der Waals surface area contributed by atoms with Gasteiger partial charge in [0.15, 0.2) is 0 Å². The van der Waals surface area contributed by atoms with Crippen LogP contribution in [0.1, 0.15) is 33.6 Å². The first-order valence-corrected chi connectivity index (χ1v) is 4.10. The Labute approximate surface area is 62.6 Å². The average Bonchev–Trinajstić information content (AvgIpc) is 2.35. The monoisotopic (exact) mass is 134 g/mol. The SMILES string of the molecule is CC1=C(C)C1=C1CC(C)C1. The molecule has 0 aromatic rings. The minimum Gasteiger partial charge on any atom is -0.0619 e. The van der Waals surface area contributed by atoms with E-state index in [-0.39, 0.29) is 0 Å². The summed E-state index contributed by atoms with van der Waals surface area (Å²) in [7, 11) is 0. The third-order valence-electron chi connectivity index (χ3n) is 2.79. The van der Waals surface area contributed by atoms with Gasteiger partial charge in [0.05, 0.1) is 0 Å². The first kappa shape index (κ1) is 6.21. The summed E-state index contributed by atoms with van der Waals surface area (Å²) in [6.45, 7) is 6.80. The molecule has 0 aliphatic heterocycles. The van der Waals surface area contributed by atoms with E-state index in [9.17, 15) is 0 Å². The third kappa shape index (κ3) is 0.681. The van der Waals surface area contributed by atoms with Crippen molar-refractivity contribution >= 4 is 0 Å². The zero-order valence-corrected chi connectivity index (χ0v) is 6.99. The quantitative estimate of drug-likeness (QED) is 0.477. The summed E-state index contributed by atoms with van der Waals surface area (Å²) in [5.74, 6) is 0.962. The number of hydrogen-bond donors (Lipinski definition) is 0. The van der Waals surface area contributed by atoms with Crippen molar-refractivity contribution in [2.45, 2.75) is 33.6 Å². The van der Waals surface area contributed by atoms with Crippen LogP contribution < -0.4 is 0 Å². The highest BCUT2D eigenvalue weighted by molar-refractivity contribution is 5.67. The second kappa shape index (κ2) is 1.75. The highest BCUT2D eigenvalue weighted by Gasteiger charge is 2.30. The summed E-state index contributed by atoms with van der Waals surface area (Å²) in [5.41, 5.74) is 6.50. The molecule has 0 amide bonds. The molecule has 0 spiro atoms. The first-order chi connectivity index (χ1) is 4.70. The minimum absolute atomic E-state index is 0.962. The van der Waals surface area contributed by atoms with Gasteiger partial charge in [-0.15, -0.1) is 0 Å². The van der Waals surface area contributed by atoms with Gasteiger partial charge in [-0.3, -0.25) is 0 Å². The van der Waals surface area contributed by atoms with Crippen LogP contribution in [0.2, 0.25) is 0 Å². The van der Waals surface area contributed by atoms with Crippen molar-refractivity contribution in [1.82, 2.24) is 0 Å². The summed E-state index contributed by atoms with van der Waals surface area (Å²) in [5, 5.41) is 0. The largest absolute Gasteiger partial charge is 0.0619 e. The summed E-state index contributed by atoms with van der Waals surface area (Å²) in [6.07, 6.45) is 2.73. The highest BCUT2D eigenvalue weighted by Crippen LogP contribution is 2.47. The van der Waals surface area contributed by atoms with E-state index >= 15 is 0 Å². The number of hydrogen-bond acceptors (Lipinski definition) is 0. The Bertz CT molecular complexity index is 219. The molecule has 2 aliphatic rings. The second-order valence-electron chi connectivity index (χ2n) is 3.74. The van der Waals surface area contributed by atoms with Crippen LogP contribution >= 0.6 is 0 Å². The Kier molecular flexibility index (Phi) is 1.08. The maximum Gasteiger partial charge on any atom is -0.0200 e. The van der Waals surface area contributed by atoms with Crippen molar-refractivity contribution in [2.75, 3.05) is 0 Å². The smallest absolute Gasteiger partial charge is 0.0200 e. The molecule has 0 aromatic heterocycles. The third-order valence-corrected chi connectivity index (χ3v) is 2.79. The van der Waals surface area contributed by atoms with Crippen LogP contribution in [0.5, 0.6) is 0 Å². The molecule has 0 nitrogen and oxygen atoms in total. The van der Waals surface area contributed by atoms with E-state index in [0.29, 0.717) is 0 Å². The average molecular weight is 134 g/mol. The van der Waals surface area contributed by atoms with E-state index in [1.54, 1.807) is 22.3 Å². The fourth-order valence-corrected chi connectivity index (χ4v) is 1.92. The predicted molar refractivity (Wildman–Crippen MR) is 43.8 cm³/mol. The van der Waals surface area contributed by atoms with Crippen molar-refractivity contribution in [1.29, 1.82) is 0 Å². The second-order valence-corrected chi connectivity index (χ2v) is 3.74. The van der Waals surface area contributed by atoms with Crippen molar-refractivity contribution in [2.24, 2.45) is 5.92 Å². The Hall–Kier alpha value is -0.520. The normalized spacial score (nSPS) is 30.9. The predicted octanol–water partition coefficient (Wildman–Crippen LogP) is 3.06. The van der Waals surface area contributed by atoms with Gasteiger partial charge in [-0.2, -0.15) is 0 Å². The molecular weight excluding hydrogens is 120 g/mol. The fourth-order valence-electron chi connectivity index (χ4n) is 1.92. The van der Waals surface area contributed by atoms with E-state index in [1.807, 2.05) is 0 Å². The van der Waals surface area contributed by atoms with Gasteiger partial charge in [0.1, 0.15) is 0 Å². The molecule has 0 saturated heterocycles. The topological polar surface area (TPSA) is 0 Å². The lowest BCUT2D eigenvalue weighted by atomic mass is 9.80. The summed E-state index contributed by atoms with van der Waals surface area (Å²) >= 11 is 0. The molecule has 1 saturated carbocycles. The van der Waals surface area contributed by atoms with Gasteiger partial charge in [-0.1, -0.05) is 12.5 Å². The molecule has 1 fully saturated rings. The van der Waals surface area contributed by atoms with Crippen LogP contribution in [0.4, 0.5) is 0 Å². The van der Waals surface area contributed by atoms with Crippen LogP contribution in [-0.4, -0.2) is 0 Å². The Morgan fingerprint density at radius 1 is 1.10 bits per heavy atom. The van der Waals surface area contributed by atoms with E-state index in [4.69, 9.17) is 0 Å². The molecule has 54 valence electrons. The molecule has 0 heteroatoms. The number of rotatable bonds is 0. The van der Waals surface area contributed by atoms with Gasteiger partial charge in [-0.25, -0.2) is 0 Å². The van der Waals surface area contributed by atoms with Crippen LogP contribution in [-0.2, 0) is 0 Å². The van der Waals surface area contributed by atoms with E-state index < -0.39 is 0 Å². The molecule has 0 unspecified atom stereocenters. The van der Waals surface area contributed by atoms with Crippen molar-refractivity contribution in [3.05, 3.63) is 22.3 Å². The maximum absolute atomic E-state index is 2.33.